The van der Waals surface area contributed by atoms with Crippen molar-refractivity contribution in [3.63, 3.8) is 0 Å². The summed E-state index contributed by atoms with van der Waals surface area (Å²) in [6.07, 6.45) is 14.4. The first-order valence-corrected chi connectivity index (χ1v) is 7.73. The van der Waals surface area contributed by atoms with E-state index in [1.165, 1.54) is 0 Å². The molecule has 4 heterocycles. The van der Waals surface area contributed by atoms with Crippen LogP contribution in [0.4, 0.5) is 0 Å². The van der Waals surface area contributed by atoms with Crippen molar-refractivity contribution in [2.45, 2.75) is 25.9 Å². The van der Waals surface area contributed by atoms with Crippen molar-refractivity contribution >= 4 is 11.0 Å². The predicted molar refractivity (Wildman–Crippen MR) is 88.9 cm³/mol. The first kappa shape index (κ1) is 13.8. The molecule has 0 bridgehead atoms. The number of imidazole rings is 1. The predicted octanol–water partition coefficient (Wildman–Crippen LogP) is 3.27. The summed E-state index contributed by atoms with van der Waals surface area (Å²) >= 11 is 0. The monoisotopic (exact) mass is 306 g/mol. The topological polar surface area (TPSA) is 64.3 Å². The van der Waals surface area contributed by atoms with E-state index in [1.54, 1.807) is 0 Å². The molecule has 6 heteroatoms. The van der Waals surface area contributed by atoms with Crippen molar-refractivity contribution < 1.29 is 0 Å². The molecule has 23 heavy (non-hydrogen) atoms. The van der Waals surface area contributed by atoms with Crippen LogP contribution >= 0.6 is 0 Å². The van der Waals surface area contributed by atoms with Gasteiger partial charge in [0.05, 0.1) is 18.6 Å². The van der Waals surface area contributed by atoms with Crippen LogP contribution in [0.2, 0.25) is 0 Å². The maximum atomic E-state index is 4.54. The van der Waals surface area contributed by atoms with Gasteiger partial charge in [-0.25, -0.2) is 9.97 Å². The maximum Gasteiger partial charge on any atom is 0.137 e. The number of pyridine rings is 1. The number of nitrogens with zero attached hydrogens (tertiary/aromatic N) is 5. The number of fused-ring (bicyclic) bond motifs is 1. The molecule has 0 aliphatic rings. The molecule has 0 spiro atoms. The number of nitrogens with one attached hydrogen (secondary N) is 1. The fourth-order valence-electron chi connectivity index (χ4n) is 2.82. The Morgan fingerprint density at radius 3 is 3.09 bits per heavy atom. The van der Waals surface area contributed by atoms with Gasteiger partial charge in [0.1, 0.15) is 5.65 Å². The summed E-state index contributed by atoms with van der Waals surface area (Å²) in [4.78, 5) is 11.6. The summed E-state index contributed by atoms with van der Waals surface area (Å²) in [5.74, 6) is 0. The summed E-state index contributed by atoms with van der Waals surface area (Å²) in [5, 5.41) is 5.67. The number of hydrogen-bond donors (Lipinski definition) is 1. The van der Waals surface area contributed by atoms with Gasteiger partial charge >= 0.3 is 0 Å². The normalized spacial score (nSPS) is 12.7. The second-order valence-corrected chi connectivity index (χ2v) is 5.75. The maximum absolute atomic E-state index is 4.54. The van der Waals surface area contributed by atoms with Crippen LogP contribution in [0, 0.1) is 0 Å². The largest absolute Gasteiger partial charge is 0.346 e. The van der Waals surface area contributed by atoms with Crippen molar-refractivity contribution in [2.24, 2.45) is 0 Å². The molecule has 6 nitrogen and oxygen atoms in total. The van der Waals surface area contributed by atoms with Gasteiger partial charge in [-0.3, -0.25) is 4.68 Å². The molecule has 0 saturated carbocycles. The molecule has 0 aliphatic heterocycles. The lowest BCUT2D eigenvalue weighted by molar-refractivity contribution is 0.428. The standard InChI is InChI=1S/C17H18N6/c1-13(4-8-22-9-7-18-12-22)23-11-14(10-21-23)15-2-5-19-17-16(15)3-6-20-17/h2-3,5-7,9-13H,4,8H2,1H3,(H,19,20). The van der Waals surface area contributed by atoms with Crippen LogP contribution < -0.4 is 0 Å². The fraction of sp³-hybridized carbons (Fsp3) is 0.235. The highest BCUT2D eigenvalue weighted by Crippen LogP contribution is 2.27. The van der Waals surface area contributed by atoms with Gasteiger partial charge < -0.3 is 9.55 Å². The Hall–Kier alpha value is -2.89. The second kappa shape index (κ2) is 5.72. The molecule has 4 rings (SSSR count). The van der Waals surface area contributed by atoms with Crippen molar-refractivity contribution in [1.29, 1.82) is 0 Å². The van der Waals surface area contributed by atoms with Crippen LogP contribution in [-0.2, 0) is 6.54 Å². The van der Waals surface area contributed by atoms with E-state index in [2.05, 4.69) is 43.8 Å². The van der Waals surface area contributed by atoms with Gasteiger partial charge in [-0.15, -0.1) is 0 Å². The minimum atomic E-state index is 0.328. The Labute approximate surface area is 133 Å². The van der Waals surface area contributed by atoms with E-state index in [0.29, 0.717) is 6.04 Å². The molecule has 0 aliphatic carbocycles. The average molecular weight is 306 g/mol. The van der Waals surface area contributed by atoms with Crippen LogP contribution in [-0.4, -0.2) is 29.3 Å². The molecule has 116 valence electrons. The Morgan fingerprint density at radius 1 is 1.26 bits per heavy atom. The molecule has 0 saturated heterocycles. The number of aromatic nitrogens is 6. The third-order valence-corrected chi connectivity index (χ3v) is 4.19. The fourth-order valence-corrected chi connectivity index (χ4v) is 2.82. The van der Waals surface area contributed by atoms with Crippen LogP contribution in [0.15, 0.2) is 55.6 Å². The average Bonchev–Trinajstić information content (AvgIpc) is 3.32. The zero-order valence-corrected chi connectivity index (χ0v) is 12.9. The lowest BCUT2D eigenvalue weighted by atomic mass is 10.1. The number of H-pyrrole nitrogens is 1. The third kappa shape index (κ3) is 2.63. The molecule has 0 aromatic carbocycles. The number of rotatable bonds is 5. The molecule has 1 unspecified atom stereocenters. The van der Waals surface area contributed by atoms with Gasteiger partial charge in [0.25, 0.3) is 0 Å². The molecule has 1 atom stereocenters. The van der Waals surface area contributed by atoms with Gasteiger partial charge in [-0.1, -0.05) is 0 Å². The van der Waals surface area contributed by atoms with E-state index < -0.39 is 0 Å². The van der Waals surface area contributed by atoms with Crippen LogP contribution in [0.5, 0.6) is 0 Å². The Kier molecular flexibility index (Phi) is 3.42. The zero-order chi connectivity index (χ0) is 15.6. The van der Waals surface area contributed by atoms with Gasteiger partial charge in [-0.2, -0.15) is 5.10 Å². The highest BCUT2D eigenvalue weighted by molar-refractivity contribution is 5.92. The zero-order valence-electron chi connectivity index (χ0n) is 12.9. The molecule has 1 N–H and O–H groups in total. The smallest absolute Gasteiger partial charge is 0.137 e. The van der Waals surface area contributed by atoms with Gasteiger partial charge in [0.15, 0.2) is 0 Å². The summed E-state index contributed by atoms with van der Waals surface area (Å²) in [5.41, 5.74) is 3.18. The first-order chi connectivity index (χ1) is 11.3. The molecule has 4 aromatic rings. The van der Waals surface area contributed by atoms with Gasteiger partial charge in [-0.05, 0) is 31.0 Å². The van der Waals surface area contributed by atoms with Crippen molar-refractivity contribution in [2.75, 3.05) is 0 Å². The van der Waals surface area contributed by atoms with Crippen LogP contribution in [0.25, 0.3) is 22.2 Å². The Bertz CT molecular complexity index is 902. The Morgan fingerprint density at radius 2 is 2.22 bits per heavy atom. The number of hydrogen-bond acceptors (Lipinski definition) is 3. The van der Waals surface area contributed by atoms with E-state index in [1.807, 2.05) is 48.1 Å². The van der Waals surface area contributed by atoms with E-state index in [0.717, 1.165) is 35.1 Å². The van der Waals surface area contributed by atoms with Crippen molar-refractivity contribution in [3.05, 3.63) is 55.6 Å². The van der Waals surface area contributed by atoms with E-state index >= 15 is 0 Å². The third-order valence-electron chi connectivity index (χ3n) is 4.19. The first-order valence-electron chi connectivity index (χ1n) is 7.73. The van der Waals surface area contributed by atoms with Crippen molar-refractivity contribution in [1.82, 2.24) is 29.3 Å². The molecular formula is C17H18N6. The van der Waals surface area contributed by atoms with Gasteiger partial charge in [0, 0.05) is 48.5 Å². The quantitative estimate of drug-likeness (QED) is 0.615. The van der Waals surface area contributed by atoms with E-state index in [9.17, 15) is 0 Å². The Balaban J connectivity index is 1.55. The lowest BCUT2D eigenvalue weighted by Crippen LogP contribution is -2.08. The van der Waals surface area contributed by atoms with Gasteiger partial charge in [0.2, 0.25) is 0 Å². The molecule has 4 aromatic heterocycles. The summed E-state index contributed by atoms with van der Waals surface area (Å²) in [7, 11) is 0. The second-order valence-electron chi connectivity index (χ2n) is 5.75. The summed E-state index contributed by atoms with van der Waals surface area (Å²) in [6, 6.07) is 4.42. The molecule has 0 radical (unpaired) electrons. The minimum Gasteiger partial charge on any atom is -0.346 e. The van der Waals surface area contributed by atoms with Crippen LogP contribution in [0.1, 0.15) is 19.4 Å². The molecule has 0 amide bonds. The molecular weight excluding hydrogens is 288 g/mol. The van der Waals surface area contributed by atoms with E-state index in [4.69, 9.17) is 0 Å². The SMILES string of the molecule is CC(CCn1ccnc1)n1cc(-c2ccnc3[nH]ccc23)cn1. The molecule has 0 fully saturated rings. The highest BCUT2D eigenvalue weighted by Gasteiger charge is 2.11. The van der Waals surface area contributed by atoms with Crippen molar-refractivity contribution in [3.8, 4) is 11.1 Å². The highest BCUT2D eigenvalue weighted by atomic mass is 15.3. The summed E-state index contributed by atoms with van der Waals surface area (Å²) in [6.45, 7) is 3.12. The minimum absolute atomic E-state index is 0.328. The van der Waals surface area contributed by atoms with Crippen LogP contribution in [0.3, 0.4) is 0 Å². The number of aromatic amines is 1. The number of aryl methyl sites for hydroxylation is 1. The van der Waals surface area contributed by atoms with E-state index in [-0.39, 0.29) is 0 Å². The lowest BCUT2D eigenvalue weighted by Gasteiger charge is -2.12. The summed E-state index contributed by atoms with van der Waals surface area (Å²) < 4.78 is 4.12.